The Morgan fingerprint density at radius 2 is 1.85 bits per heavy atom. The average Bonchev–Trinajstić information content (AvgIpc) is 2.03. The van der Waals surface area contributed by atoms with Crippen molar-refractivity contribution < 1.29 is 19.8 Å². The van der Waals surface area contributed by atoms with E-state index in [0.717, 1.165) is 0 Å². The lowest BCUT2D eigenvalue weighted by atomic mass is 10.2. The summed E-state index contributed by atoms with van der Waals surface area (Å²) < 4.78 is 0. The number of carboxylic acid groups (broad SMARTS) is 1. The van der Waals surface area contributed by atoms with Crippen LogP contribution in [0.4, 0.5) is 4.79 Å². The van der Waals surface area contributed by atoms with Gasteiger partial charge in [0.05, 0.1) is 5.56 Å². The Hall–Kier alpha value is -2.04. The molecule has 0 aromatic heterocycles. The number of nitrogens with one attached hydrogen (secondary N) is 1. The van der Waals surface area contributed by atoms with Crippen LogP contribution in [0.15, 0.2) is 24.3 Å². The summed E-state index contributed by atoms with van der Waals surface area (Å²) in [6.07, 6.45) is -1.45. The molecule has 0 radical (unpaired) electrons. The van der Waals surface area contributed by atoms with E-state index in [4.69, 9.17) is 10.2 Å². The summed E-state index contributed by atoms with van der Waals surface area (Å²) in [5, 5.41) is 19.0. The van der Waals surface area contributed by atoms with Gasteiger partial charge < -0.3 is 10.2 Å². The third-order valence-corrected chi connectivity index (χ3v) is 1.37. The molecule has 1 rings (SSSR count). The highest BCUT2D eigenvalue weighted by atomic mass is 16.4. The number of para-hydroxylation sites is 1. The van der Waals surface area contributed by atoms with Crippen molar-refractivity contribution in [1.29, 1.82) is 0 Å². The van der Waals surface area contributed by atoms with Crippen LogP contribution in [-0.2, 0) is 0 Å². The van der Waals surface area contributed by atoms with Gasteiger partial charge >= 0.3 is 6.09 Å². The van der Waals surface area contributed by atoms with Gasteiger partial charge in [0.1, 0.15) is 5.75 Å². The van der Waals surface area contributed by atoms with Gasteiger partial charge in [0.25, 0.3) is 5.91 Å². The fraction of sp³-hybridized carbons (Fsp3) is 0. The molecule has 13 heavy (non-hydrogen) atoms. The van der Waals surface area contributed by atoms with Crippen molar-refractivity contribution in [2.75, 3.05) is 0 Å². The third-order valence-electron chi connectivity index (χ3n) is 1.37. The van der Waals surface area contributed by atoms with Crippen LogP contribution in [-0.4, -0.2) is 22.2 Å². The maximum Gasteiger partial charge on any atom is 0.411 e. The molecular formula is C8H7NO4. The summed E-state index contributed by atoms with van der Waals surface area (Å²) in [4.78, 5) is 21.1. The Labute approximate surface area is 73.6 Å². The molecule has 0 saturated heterocycles. The minimum atomic E-state index is -1.45. The quantitative estimate of drug-likeness (QED) is 0.598. The molecule has 0 aliphatic rings. The zero-order valence-corrected chi connectivity index (χ0v) is 6.52. The number of amides is 2. The summed E-state index contributed by atoms with van der Waals surface area (Å²) >= 11 is 0. The molecule has 0 aliphatic carbocycles. The van der Waals surface area contributed by atoms with Crippen LogP contribution < -0.4 is 5.32 Å². The zero-order valence-electron chi connectivity index (χ0n) is 6.52. The van der Waals surface area contributed by atoms with Crippen LogP contribution in [0.1, 0.15) is 10.4 Å². The molecule has 0 bridgehead atoms. The minimum Gasteiger partial charge on any atom is -0.507 e. The number of phenolic OH excluding ortho intramolecular Hbond substituents is 1. The molecule has 0 heterocycles. The third kappa shape index (κ3) is 2.19. The monoisotopic (exact) mass is 181 g/mol. The van der Waals surface area contributed by atoms with Crippen LogP contribution in [0.2, 0.25) is 0 Å². The van der Waals surface area contributed by atoms with Gasteiger partial charge in [0.2, 0.25) is 0 Å². The van der Waals surface area contributed by atoms with Crippen molar-refractivity contribution in [2.24, 2.45) is 0 Å². The first-order chi connectivity index (χ1) is 6.11. The zero-order chi connectivity index (χ0) is 9.84. The van der Waals surface area contributed by atoms with Crippen molar-refractivity contribution in [3.63, 3.8) is 0 Å². The fourth-order valence-electron chi connectivity index (χ4n) is 0.830. The van der Waals surface area contributed by atoms with Crippen molar-refractivity contribution >= 4 is 12.0 Å². The van der Waals surface area contributed by atoms with Crippen LogP contribution in [0.5, 0.6) is 5.75 Å². The molecule has 0 spiro atoms. The van der Waals surface area contributed by atoms with E-state index in [2.05, 4.69) is 0 Å². The van der Waals surface area contributed by atoms with E-state index in [-0.39, 0.29) is 11.3 Å². The lowest BCUT2D eigenvalue weighted by Crippen LogP contribution is -2.28. The molecule has 1 aromatic rings. The van der Waals surface area contributed by atoms with Crippen LogP contribution >= 0.6 is 0 Å². The molecule has 3 N–H and O–H groups in total. The van der Waals surface area contributed by atoms with Crippen molar-refractivity contribution in [1.82, 2.24) is 5.32 Å². The standard InChI is InChI=1S/C8H7NO4/c10-6-4-2-1-3-5(6)7(11)9-8(12)13/h1-4,10H,(H,9,11)(H,12,13). The molecule has 68 valence electrons. The molecule has 0 saturated carbocycles. The Kier molecular flexibility index (Phi) is 2.49. The van der Waals surface area contributed by atoms with Gasteiger partial charge in [-0.3, -0.25) is 10.1 Å². The summed E-state index contributed by atoms with van der Waals surface area (Å²) in [6.45, 7) is 0. The van der Waals surface area contributed by atoms with E-state index in [1.165, 1.54) is 24.3 Å². The van der Waals surface area contributed by atoms with Gasteiger partial charge in [-0.2, -0.15) is 0 Å². The second-order valence-corrected chi connectivity index (χ2v) is 2.28. The first-order valence-corrected chi connectivity index (χ1v) is 3.43. The molecule has 1 aromatic carbocycles. The molecule has 2 amide bonds. The largest absolute Gasteiger partial charge is 0.507 e. The molecule has 0 unspecified atom stereocenters. The Balaban J connectivity index is 2.89. The Morgan fingerprint density at radius 3 is 2.38 bits per heavy atom. The van der Waals surface area contributed by atoms with E-state index in [0.29, 0.717) is 0 Å². The Morgan fingerprint density at radius 1 is 1.23 bits per heavy atom. The first kappa shape index (κ1) is 9.05. The number of phenols is 1. The SMILES string of the molecule is O=C(O)NC(=O)c1ccccc1O. The van der Waals surface area contributed by atoms with Gasteiger partial charge in [0, 0.05) is 0 Å². The molecule has 5 nitrogen and oxygen atoms in total. The average molecular weight is 181 g/mol. The highest BCUT2D eigenvalue weighted by Gasteiger charge is 2.11. The Bertz CT molecular complexity index is 348. The van der Waals surface area contributed by atoms with E-state index in [1.807, 2.05) is 0 Å². The second kappa shape index (κ2) is 3.57. The van der Waals surface area contributed by atoms with E-state index in [1.54, 1.807) is 5.32 Å². The van der Waals surface area contributed by atoms with Gasteiger partial charge in [-0.15, -0.1) is 0 Å². The topological polar surface area (TPSA) is 86.6 Å². The molecule has 5 heteroatoms. The number of hydrogen-bond donors (Lipinski definition) is 3. The predicted molar refractivity (Wildman–Crippen MR) is 43.6 cm³/mol. The van der Waals surface area contributed by atoms with Crippen LogP contribution in [0.3, 0.4) is 0 Å². The number of aromatic hydroxyl groups is 1. The number of rotatable bonds is 1. The number of imide groups is 1. The lowest BCUT2D eigenvalue weighted by molar-refractivity contribution is 0.0945. The van der Waals surface area contributed by atoms with Crippen molar-refractivity contribution in [3.8, 4) is 5.75 Å². The van der Waals surface area contributed by atoms with Crippen LogP contribution in [0, 0.1) is 0 Å². The fourth-order valence-corrected chi connectivity index (χ4v) is 0.830. The number of hydrogen-bond acceptors (Lipinski definition) is 3. The normalized spacial score (nSPS) is 9.23. The summed E-state index contributed by atoms with van der Waals surface area (Å²) in [5.74, 6) is -1.09. The smallest absolute Gasteiger partial charge is 0.411 e. The first-order valence-electron chi connectivity index (χ1n) is 3.43. The van der Waals surface area contributed by atoms with Crippen molar-refractivity contribution in [3.05, 3.63) is 29.8 Å². The van der Waals surface area contributed by atoms with E-state index < -0.39 is 12.0 Å². The van der Waals surface area contributed by atoms with Gasteiger partial charge in [0.15, 0.2) is 0 Å². The van der Waals surface area contributed by atoms with Crippen molar-refractivity contribution in [2.45, 2.75) is 0 Å². The molecule has 0 atom stereocenters. The number of carbonyl (C=O) groups excluding carboxylic acids is 1. The predicted octanol–water partition coefficient (Wildman–Crippen LogP) is 0.800. The van der Waals surface area contributed by atoms with E-state index >= 15 is 0 Å². The summed E-state index contributed by atoms with van der Waals surface area (Å²) in [5.41, 5.74) is -0.0649. The maximum atomic E-state index is 11.0. The summed E-state index contributed by atoms with van der Waals surface area (Å²) in [7, 11) is 0. The molecular weight excluding hydrogens is 174 g/mol. The number of benzene rings is 1. The molecule has 0 fully saturated rings. The number of carbonyl (C=O) groups is 2. The highest BCUT2D eigenvalue weighted by Crippen LogP contribution is 2.14. The molecule has 0 aliphatic heterocycles. The second-order valence-electron chi connectivity index (χ2n) is 2.28. The van der Waals surface area contributed by atoms with Gasteiger partial charge in [-0.1, -0.05) is 12.1 Å². The minimum absolute atomic E-state index is 0.0649. The summed E-state index contributed by atoms with van der Waals surface area (Å²) in [6, 6.07) is 5.69. The lowest BCUT2D eigenvalue weighted by Gasteiger charge is -2.01. The highest BCUT2D eigenvalue weighted by molar-refractivity contribution is 6.04. The van der Waals surface area contributed by atoms with Gasteiger partial charge in [-0.05, 0) is 12.1 Å². The van der Waals surface area contributed by atoms with Crippen LogP contribution in [0.25, 0.3) is 0 Å². The van der Waals surface area contributed by atoms with E-state index in [9.17, 15) is 9.59 Å². The maximum absolute atomic E-state index is 11.0. The van der Waals surface area contributed by atoms with Gasteiger partial charge in [-0.25, -0.2) is 4.79 Å².